The van der Waals surface area contributed by atoms with Crippen molar-refractivity contribution in [1.29, 1.82) is 5.26 Å². The summed E-state index contributed by atoms with van der Waals surface area (Å²) in [5.74, 6) is 0.935. The number of benzene rings is 2. The van der Waals surface area contributed by atoms with Crippen LogP contribution in [0.3, 0.4) is 0 Å². The molecule has 7 heteroatoms. The van der Waals surface area contributed by atoms with Crippen LogP contribution in [-0.2, 0) is 6.61 Å². The summed E-state index contributed by atoms with van der Waals surface area (Å²) >= 11 is 0. The summed E-state index contributed by atoms with van der Waals surface area (Å²) in [6, 6.07) is 17.1. The number of allylic oxidation sites excluding steroid dienone is 1. The van der Waals surface area contributed by atoms with E-state index in [4.69, 9.17) is 24.4 Å². The minimum absolute atomic E-state index is 0.0438. The van der Waals surface area contributed by atoms with E-state index in [1.54, 1.807) is 31.2 Å². The lowest BCUT2D eigenvalue weighted by Gasteiger charge is -2.25. The second kappa shape index (κ2) is 9.13. The van der Waals surface area contributed by atoms with Crippen LogP contribution < -0.4 is 25.6 Å². The first-order valence-electron chi connectivity index (χ1n) is 10.6. The third-order valence-corrected chi connectivity index (χ3v) is 5.37. The standard InChI is InChI=1S/C26H24N2O5/c1-4-30-21-12-18(9-10-20(21)31-14-17-7-5-15(2)6-8-17)23-19(13-27)25(28)33-22-11-16(3)32-26(29)24(22)23/h5-12,23H,4,14,28H2,1-3H3/t23-/m0/s1. The Morgan fingerprint density at radius 3 is 2.52 bits per heavy atom. The highest BCUT2D eigenvalue weighted by atomic mass is 16.5. The lowest BCUT2D eigenvalue weighted by molar-refractivity contribution is 0.269. The number of rotatable bonds is 6. The molecule has 0 amide bonds. The van der Waals surface area contributed by atoms with Crippen LogP contribution in [0.4, 0.5) is 0 Å². The van der Waals surface area contributed by atoms with Crippen molar-refractivity contribution in [3.05, 3.63) is 98.4 Å². The Bertz CT molecular complexity index is 1320. The van der Waals surface area contributed by atoms with Crippen LogP contribution in [-0.4, -0.2) is 6.61 Å². The topological polar surface area (TPSA) is 108 Å². The lowest BCUT2D eigenvalue weighted by Crippen LogP contribution is -2.26. The predicted octanol–water partition coefficient (Wildman–Crippen LogP) is 4.45. The van der Waals surface area contributed by atoms with Crippen molar-refractivity contribution in [2.75, 3.05) is 6.61 Å². The van der Waals surface area contributed by atoms with Gasteiger partial charge in [-0.15, -0.1) is 0 Å². The van der Waals surface area contributed by atoms with Gasteiger partial charge in [0, 0.05) is 6.07 Å². The van der Waals surface area contributed by atoms with Crippen molar-refractivity contribution >= 4 is 0 Å². The first-order valence-corrected chi connectivity index (χ1v) is 10.6. The Morgan fingerprint density at radius 2 is 1.82 bits per heavy atom. The zero-order chi connectivity index (χ0) is 23.5. The number of hydrogen-bond donors (Lipinski definition) is 1. The third kappa shape index (κ3) is 4.41. The number of ether oxygens (including phenoxy) is 3. The van der Waals surface area contributed by atoms with Crippen LogP contribution in [0.2, 0.25) is 0 Å². The molecular weight excluding hydrogens is 420 g/mol. The van der Waals surface area contributed by atoms with Crippen molar-refractivity contribution in [1.82, 2.24) is 0 Å². The van der Waals surface area contributed by atoms with Gasteiger partial charge in [-0.2, -0.15) is 5.26 Å². The van der Waals surface area contributed by atoms with Gasteiger partial charge in [0.25, 0.3) is 0 Å². The highest BCUT2D eigenvalue weighted by Crippen LogP contribution is 2.42. The molecule has 1 aliphatic heterocycles. The van der Waals surface area contributed by atoms with Crippen molar-refractivity contribution < 1.29 is 18.6 Å². The smallest absolute Gasteiger partial charge is 0.343 e. The maximum absolute atomic E-state index is 12.7. The summed E-state index contributed by atoms with van der Waals surface area (Å²) < 4.78 is 22.7. The van der Waals surface area contributed by atoms with Crippen molar-refractivity contribution in [2.45, 2.75) is 33.3 Å². The van der Waals surface area contributed by atoms with Crippen LogP contribution >= 0.6 is 0 Å². The molecule has 33 heavy (non-hydrogen) atoms. The zero-order valence-electron chi connectivity index (χ0n) is 18.7. The molecule has 3 aromatic rings. The van der Waals surface area contributed by atoms with E-state index < -0.39 is 11.5 Å². The van der Waals surface area contributed by atoms with Gasteiger partial charge >= 0.3 is 5.63 Å². The molecule has 0 saturated carbocycles. The van der Waals surface area contributed by atoms with E-state index in [9.17, 15) is 10.1 Å². The van der Waals surface area contributed by atoms with E-state index in [0.717, 1.165) is 5.56 Å². The van der Waals surface area contributed by atoms with E-state index in [1.165, 1.54) is 5.56 Å². The molecule has 0 aliphatic carbocycles. The zero-order valence-corrected chi connectivity index (χ0v) is 18.7. The molecule has 0 radical (unpaired) electrons. The largest absolute Gasteiger partial charge is 0.490 e. The summed E-state index contributed by atoms with van der Waals surface area (Å²) in [5, 5.41) is 9.76. The van der Waals surface area contributed by atoms with Crippen LogP contribution in [0.1, 0.15) is 40.9 Å². The SMILES string of the molecule is CCOc1cc([C@H]2C(C#N)=C(N)Oc3cc(C)oc(=O)c32)ccc1OCc1ccc(C)cc1. The number of nitriles is 1. The van der Waals surface area contributed by atoms with E-state index >= 15 is 0 Å². The van der Waals surface area contributed by atoms with Crippen molar-refractivity contribution in [3.8, 4) is 23.3 Å². The fourth-order valence-corrected chi connectivity index (χ4v) is 3.79. The quantitative estimate of drug-likeness (QED) is 0.598. The Hall–Kier alpha value is -4.18. The van der Waals surface area contributed by atoms with E-state index in [1.807, 2.05) is 38.1 Å². The Morgan fingerprint density at radius 1 is 1.06 bits per heavy atom. The Balaban J connectivity index is 1.74. The summed E-state index contributed by atoms with van der Waals surface area (Å²) in [5.41, 5.74) is 8.65. The summed E-state index contributed by atoms with van der Waals surface area (Å²) in [6.07, 6.45) is 0. The maximum atomic E-state index is 12.7. The fourth-order valence-electron chi connectivity index (χ4n) is 3.79. The van der Waals surface area contributed by atoms with Gasteiger partial charge in [-0.05, 0) is 44.0 Å². The molecule has 0 saturated heterocycles. The normalized spacial score (nSPS) is 14.8. The van der Waals surface area contributed by atoms with Crippen molar-refractivity contribution in [3.63, 3.8) is 0 Å². The van der Waals surface area contributed by atoms with Gasteiger partial charge < -0.3 is 24.4 Å². The average molecular weight is 444 g/mol. The first-order chi connectivity index (χ1) is 15.9. The minimum Gasteiger partial charge on any atom is -0.490 e. The maximum Gasteiger partial charge on any atom is 0.343 e. The molecule has 2 N–H and O–H groups in total. The van der Waals surface area contributed by atoms with Crippen LogP contribution in [0.15, 0.2) is 69.2 Å². The molecule has 168 valence electrons. The molecule has 0 spiro atoms. The molecule has 0 fully saturated rings. The van der Waals surface area contributed by atoms with E-state index in [0.29, 0.717) is 36.0 Å². The second-order valence-electron chi connectivity index (χ2n) is 7.76. The Kier molecular flexibility index (Phi) is 6.09. The minimum atomic E-state index is -0.749. The molecule has 2 aromatic carbocycles. The molecule has 1 aromatic heterocycles. The monoisotopic (exact) mass is 444 g/mol. The van der Waals surface area contributed by atoms with Gasteiger partial charge in [0.05, 0.1) is 18.1 Å². The number of fused-ring (bicyclic) bond motifs is 1. The molecule has 4 rings (SSSR count). The van der Waals surface area contributed by atoms with Crippen LogP contribution in [0, 0.1) is 25.2 Å². The number of nitrogens with zero attached hydrogens (tertiary/aromatic N) is 1. The first kappa shape index (κ1) is 22.0. The predicted molar refractivity (Wildman–Crippen MR) is 122 cm³/mol. The number of hydrogen-bond acceptors (Lipinski definition) is 7. The molecule has 1 aliphatic rings. The Labute approximate surface area is 191 Å². The van der Waals surface area contributed by atoms with Gasteiger partial charge in [0.15, 0.2) is 11.5 Å². The van der Waals surface area contributed by atoms with Gasteiger partial charge in [0.2, 0.25) is 5.88 Å². The molecule has 1 atom stereocenters. The highest BCUT2D eigenvalue weighted by molar-refractivity contribution is 5.57. The molecule has 0 unspecified atom stereocenters. The highest BCUT2D eigenvalue weighted by Gasteiger charge is 2.34. The lowest BCUT2D eigenvalue weighted by atomic mass is 9.84. The third-order valence-electron chi connectivity index (χ3n) is 5.37. The van der Waals surface area contributed by atoms with Crippen LogP contribution in [0.25, 0.3) is 0 Å². The summed E-state index contributed by atoms with van der Waals surface area (Å²) in [6.45, 7) is 6.34. The van der Waals surface area contributed by atoms with Gasteiger partial charge in [-0.3, -0.25) is 0 Å². The second-order valence-corrected chi connectivity index (χ2v) is 7.76. The van der Waals surface area contributed by atoms with Crippen molar-refractivity contribution in [2.24, 2.45) is 5.73 Å². The number of aryl methyl sites for hydroxylation is 2. The molecule has 7 nitrogen and oxygen atoms in total. The fraction of sp³-hybridized carbons (Fsp3) is 0.231. The summed E-state index contributed by atoms with van der Waals surface area (Å²) in [4.78, 5) is 12.7. The van der Waals surface area contributed by atoms with Gasteiger partial charge in [0.1, 0.15) is 29.8 Å². The molecule has 0 bridgehead atoms. The van der Waals surface area contributed by atoms with E-state index in [-0.39, 0.29) is 22.8 Å². The van der Waals surface area contributed by atoms with Gasteiger partial charge in [-0.1, -0.05) is 35.9 Å². The molecule has 2 heterocycles. The number of nitrogens with two attached hydrogens (primary N) is 1. The van der Waals surface area contributed by atoms with Crippen LogP contribution in [0.5, 0.6) is 17.2 Å². The van der Waals surface area contributed by atoms with Gasteiger partial charge in [-0.25, -0.2) is 4.79 Å². The average Bonchev–Trinajstić information content (AvgIpc) is 2.78. The van der Waals surface area contributed by atoms with E-state index in [2.05, 4.69) is 6.07 Å². The molecular formula is C26H24N2O5. The summed E-state index contributed by atoms with van der Waals surface area (Å²) in [7, 11) is 0.